The zero-order valence-electron chi connectivity index (χ0n) is 7.55. The standard InChI is InChI=1S/C9H21NO/c1-2-9(6-8-11)5-3-4-7-10/h9,11H,2-8,10H2,1H3. The summed E-state index contributed by atoms with van der Waals surface area (Å²) in [7, 11) is 0. The number of nitrogens with two attached hydrogens (primary N) is 1. The molecule has 1 atom stereocenters. The molecular formula is C9H21NO. The van der Waals surface area contributed by atoms with Gasteiger partial charge in [0.2, 0.25) is 0 Å². The smallest absolute Gasteiger partial charge is 0.0433 e. The second-order valence-electron chi connectivity index (χ2n) is 3.07. The van der Waals surface area contributed by atoms with Gasteiger partial charge in [0.05, 0.1) is 0 Å². The number of aliphatic hydroxyl groups excluding tert-OH is 1. The van der Waals surface area contributed by atoms with Crippen molar-refractivity contribution in [3.05, 3.63) is 0 Å². The summed E-state index contributed by atoms with van der Waals surface area (Å²) in [6.45, 7) is 3.32. The van der Waals surface area contributed by atoms with Gasteiger partial charge < -0.3 is 10.8 Å². The van der Waals surface area contributed by atoms with Gasteiger partial charge in [0.15, 0.2) is 0 Å². The molecule has 11 heavy (non-hydrogen) atoms. The molecule has 0 aliphatic carbocycles. The lowest BCUT2D eigenvalue weighted by molar-refractivity contribution is 0.247. The van der Waals surface area contributed by atoms with Crippen LogP contribution in [0.3, 0.4) is 0 Å². The molecule has 0 aromatic heterocycles. The van der Waals surface area contributed by atoms with Gasteiger partial charge in [-0.25, -0.2) is 0 Å². The molecule has 2 heteroatoms. The third-order valence-electron chi connectivity index (χ3n) is 2.18. The van der Waals surface area contributed by atoms with Crippen molar-refractivity contribution in [1.29, 1.82) is 0 Å². The highest BCUT2D eigenvalue weighted by molar-refractivity contribution is 4.56. The fraction of sp³-hybridized carbons (Fsp3) is 1.00. The third kappa shape index (κ3) is 6.32. The molecule has 0 aliphatic rings. The van der Waals surface area contributed by atoms with Crippen molar-refractivity contribution in [3.8, 4) is 0 Å². The Labute approximate surface area is 69.8 Å². The molecule has 0 fully saturated rings. The van der Waals surface area contributed by atoms with Gasteiger partial charge in [-0.05, 0) is 25.3 Å². The van der Waals surface area contributed by atoms with E-state index in [1.807, 2.05) is 0 Å². The van der Waals surface area contributed by atoms with Crippen molar-refractivity contribution in [3.63, 3.8) is 0 Å². The zero-order valence-corrected chi connectivity index (χ0v) is 7.55. The summed E-state index contributed by atoms with van der Waals surface area (Å²) < 4.78 is 0. The molecule has 0 amide bonds. The Morgan fingerprint density at radius 2 is 2.00 bits per heavy atom. The van der Waals surface area contributed by atoms with E-state index >= 15 is 0 Å². The summed E-state index contributed by atoms with van der Waals surface area (Å²) >= 11 is 0. The van der Waals surface area contributed by atoms with E-state index in [9.17, 15) is 0 Å². The van der Waals surface area contributed by atoms with Gasteiger partial charge in [-0.15, -0.1) is 0 Å². The zero-order chi connectivity index (χ0) is 8.53. The van der Waals surface area contributed by atoms with Gasteiger partial charge in [0.1, 0.15) is 0 Å². The van der Waals surface area contributed by atoms with Crippen LogP contribution >= 0.6 is 0 Å². The summed E-state index contributed by atoms with van der Waals surface area (Å²) in [5, 5.41) is 8.70. The number of unbranched alkanes of at least 4 members (excludes halogenated alkanes) is 1. The molecule has 1 unspecified atom stereocenters. The van der Waals surface area contributed by atoms with Crippen molar-refractivity contribution in [1.82, 2.24) is 0 Å². The van der Waals surface area contributed by atoms with E-state index in [4.69, 9.17) is 10.8 Å². The fourth-order valence-corrected chi connectivity index (χ4v) is 1.31. The molecule has 68 valence electrons. The van der Waals surface area contributed by atoms with Crippen LogP contribution in [-0.2, 0) is 0 Å². The molecule has 0 aromatic rings. The molecule has 0 spiro atoms. The highest BCUT2D eigenvalue weighted by Gasteiger charge is 2.03. The minimum absolute atomic E-state index is 0.334. The number of hydrogen-bond donors (Lipinski definition) is 2. The Balaban J connectivity index is 3.20. The van der Waals surface area contributed by atoms with Crippen molar-refractivity contribution >= 4 is 0 Å². The number of rotatable bonds is 7. The van der Waals surface area contributed by atoms with E-state index in [1.165, 1.54) is 19.3 Å². The summed E-state index contributed by atoms with van der Waals surface area (Å²) in [6.07, 6.45) is 5.72. The van der Waals surface area contributed by atoms with Gasteiger partial charge in [-0.3, -0.25) is 0 Å². The average Bonchev–Trinajstić information content (AvgIpc) is 2.03. The van der Waals surface area contributed by atoms with Crippen molar-refractivity contribution in [2.24, 2.45) is 11.7 Å². The first-order valence-corrected chi connectivity index (χ1v) is 4.66. The normalized spacial score (nSPS) is 13.4. The van der Waals surface area contributed by atoms with Crippen LogP contribution in [0.5, 0.6) is 0 Å². The molecule has 0 aromatic carbocycles. The Morgan fingerprint density at radius 3 is 2.45 bits per heavy atom. The summed E-state index contributed by atoms with van der Waals surface area (Å²) in [6, 6.07) is 0. The highest BCUT2D eigenvalue weighted by atomic mass is 16.3. The Kier molecular flexibility index (Phi) is 7.96. The first-order chi connectivity index (χ1) is 5.35. The van der Waals surface area contributed by atoms with E-state index in [0.717, 1.165) is 19.4 Å². The lowest BCUT2D eigenvalue weighted by Gasteiger charge is -2.11. The first kappa shape index (κ1) is 10.9. The minimum Gasteiger partial charge on any atom is -0.396 e. The maximum Gasteiger partial charge on any atom is 0.0433 e. The average molecular weight is 159 g/mol. The Morgan fingerprint density at radius 1 is 1.27 bits per heavy atom. The molecule has 0 saturated carbocycles. The van der Waals surface area contributed by atoms with Crippen LogP contribution in [0.2, 0.25) is 0 Å². The SMILES string of the molecule is CCC(CCO)CCCCN. The van der Waals surface area contributed by atoms with Gasteiger partial charge >= 0.3 is 0 Å². The molecule has 0 radical (unpaired) electrons. The second kappa shape index (κ2) is 8.02. The van der Waals surface area contributed by atoms with E-state index < -0.39 is 0 Å². The van der Waals surface area contributed by atoms with E-state index in [2.05, 4.69) is 6.92 Å². The molecule has 2 nitrogen and oxygen atoms in total. The van der Waals surface area contributed by atoms with Crippen molar-refractivity contribution in [2.75, 3.05) is 13.2 Å². The van der Waals surface area contributed by atoms with E-state index in [0.29, 0.717) is 12.5 Å². The largest absolute Gasteiger partial charge is 0.396 e. The molecule has 0 bridgehead atoms. The molecular weight excluding hydrogens is 138 g/mol. The van der Waals surface area contributed by atoms with Crippen molar-refractivity contribution < 1.29 is 5.11 Å². The third-order valence-corrected chi connectivity index (χ3v) is 2.18. The predicted octanol–water partition coefficient (Wildman–Crippen LogP) is 1.52. The van der Waals surface area contributed by atoms with Crippen LogP contribution in [0, 0.1) is 5.92 Å². The Bertz CT molecular complexity index is 76.0. The van der Waals surface area contributed by atoms with Crippen LogP contribution < -0.4 is 5.73 Å². The summed E-state index contributed by atoms with van der Waals surface area (Å²) in [4.78, 5) is 0. The predicted molar refractivity (Wildman–Crippen MR) is 48.4 cm³/mol. The highest BCUT2D eigenvalue weighted by Crippen LogP contribution is 2.15. The molecule has 0 saturated heterocycles. The summed E-state index contributed by atoms with van der Waals surface area (Å²) in [5.41, 5.74) is 5.38. The lowest BCUT2D eigenvalue weighted by Crippen LogP contribution is -2.04. The van der Waals surface area contributed by atoms with Crippen LogP contribution in [0.25, 0.3) is 0 Å². The molecule has 0 heterocycles. The second-order valence-corrected chi connectivity index (χ2v) is 3.07. The Hall–Kier alpha value is -0.0800. The van der Waals surface area contributed by atoms with Crippen LogP contribution in [0.4, 0.5) is 0 Å². The fourth-order valence-electron chi connectivity index (χ4n) is 1.31. The lowest BCUT2D eigenvalue weighted by atomic mass is 9.96. The maximum absolute atomic E-state index is 8.70. The van der Waals surface area contributed by atoms with Gasteiger partial charge in [0, 0.05) is 6.61 Å². The van der Waals surface area contributed by atoms with Crippen LogP contribution in [0.1, 0.15) is 39.0 Å². The first-order valence-electron chi connectivity index (χ1n) is 4.66. The van der Waals surface area contributed by atoms with E-state index in [-0.39, 0.29) is 0 Å². The van der Waals surface area contributed by atoms with E-state index in [1.54, 1.807) is 0 Å². The molecule has 3 N–H and O–H groups in total. The monoisotopic (exact) mass is 159 g/mol. The summed E-state index contributed by atoms with van der Waals surface area (Å²) in [5.74, 6) is 0.714. The van der Waals surface area contributed by atoms with Crippen LogP contribution in [0.15, 0.2) is 0 Å². The topological polar surface area (TPSA) is 46.2 Å². The van der Waals surface area contributed by atoms with Crippen molar-refractivity contribution in [2.45, 2.75) is 39.0 Å². The van der Waals surface area contributed by atoms with Gasteiger partial charge in [-0.2, -0.15) is 0 Å². The van der Waals surface area contributed by atoms with Gasteiger partial charge in [0.25, 0.3) is 0 Å². The molecule has 0 rings (SSSR count). The minimum atomic E-state index is 0.334. The van der Waals surface area contributed by atoms with Gasteiger partial charge in [-0.1, -0.05) is 26.2 Å². The molecule has 0 aliphatic heterocycles. The number of aliphatic hydroxyl groups is 1. The number of hydrogen-bond acceptors (Lipinski definition) is 2. The van der Waals surface area contributed by atoms with Crippen LogP contribution in [-0.4, -0.2) is 18.3 Å². The maximum atomic E-state index is 8.70. The quantitative estimate of drug-likeness (QED) is 0.553.